The van der Waals surface area contributed by atoms with E-state index < -0.39 is 5.63 Å². The third kappa shape index (κ3) is 2.36. The second-order valence-electron chi connectivity index (χ2n) is 4.22. The first-order valence-corrected chi connectivity index (χ1v) is 6.26. The molecule has 2 aromatic rings. The summed E-state index contributed by atoms with van der Waals surface area (Å²) in [5.74, 6) is 0.0553. The minimum Gasteiger partial charge on any atom is -0.426 e. The lowest BCUT2D eigenvalue weighted by Crippen LogP contribution is -2.08. The minimum absolute atomic E-state index is 0.0743. The summed E-state index contributed by atoms with van der Waals surface area (Å²) < 4.78 is 10.4. The van der Waals surface area contributed by atoms with E-state index in [-0.39, 0.29) is 17.4 Å². The molecule has 1 aromatic heterocycles. The summed E-state index contributed by atoms with van der Waals surface area (Å²) in [4.78, 5) is 22.9. The van der Waals surface area contributed by atoms with Gasteiger partial charge in [0.15, 0.2) is 0 Å². The lowest BCUT2D eigenvalue weighted by atomic mass is 10.1. The van der Waals surface area contributed by atoms with Gasteiger partial charge in [-0.05, 0) is 31.5 Å². The predicted octanol–water partition coefficient (Wildman–Crippen LogP) is 3.38. The highest BCUT2D eigenvalue weighted by atomic mass is 35.5. The van der Waals surface area contributed by atoms with E-state index >= 15 is 0 Å². The molecule has 0 bridgehead atoms. The van der Waals surface area contributed by atoms with Gasteiger partial charge in [0.2, 0.25) is 0 Å². The monoisotopic (exact) mass is 280 g/mol. The smallest absolute Gasteiger partial charge is 0.355 e. The van der Waals surface area contributed by atoms with E-state index in [1.54, 1.807) is 32.9 Å². The Bertz CT molecular complexity index is 715. The normalized spacial score (nSPS) is 10.7. The fourth-order valence-electron chi connectivity index (χ4n) is 1.81. The van der Waals surface area contributed by atoms with E-state index in [0.717, 1.165) is 5.39 Å². The van der Waals surface area contributed by atoms with Crippen LogP contribution in [0, 0.1) is 13.8 Å². The van der Waals surface area contributed by atoms with Gasteiger partial charge >= 0.3 is 11.6 Å². The van der Waals surface area contributed by atoms with Crippen LogP contribution in [-0.4, -0.2) is 5.97 Å². The van der Waals surface area contributed by atoms with E-state index in [2.05, 4.69) is 0 Å². The Hall–Kier alpha value is -1.81. The molecule has 0 aliphatic carbocycles. The number of hydrogen-bond acceptors (Lipinski definition) is 4. The zero-order valence-electron chi connectivity index (χ0n) is 10.9. The lowest BCUT2D eigenvalue weighted by molar-refractivity contribution is -0.134. The average molecular weight is 281 g/mol. The highest BCUT2D eigenvalue weighted by Gasteiger charge is 2.15. The Balaban J connectivity index is 2.69. The zero-order chi connectivity index (χ0) is 14.2. The number of hydrogen-bond donors (Lipinski definition) is 0. The third-order valence-corrected chi connectivity index (χ3v) is 3.41. The highest BCUT2D eigenvalue weighted by Crippen LogP contribution is 2.30. The molecule has 0 spiro atoms. The maximum absolute atomic E-state index is 11.6. The van der Waals surface area contributed by atoms with Crippen molar-refractivity contribution in [1.82, 2.24) is 0 Å². The Morgan fingerprint density at radius 3 is 2.63 bits per heavy atom. The van der Waals surface area contributed by atoms with Crippen LogP contribution < -0.4 is 10.4 Å². The van der Waals surface area contributed by atoms with Crippen LogP contribution in [0.4, 0.5) is 0 Å². The highest BCUT2D eigenvalue weighted by molar-refractivity contribution is 6.31. The summed E-state index contributed by atoms with van der Waals surface area (Å²) in [5, 5.41) is 0.809. The van der Waals surface area contributed by atoms with Gasteiger partial charge in [-0.15, -0.1) is 0 Å². The fourth-order valence-corrected chi connectivity index (χ4v) is 1.96. The van der Waals surface area contributed by atoms with Gasteiger partial charge in [-0.3, -0.25) is 4.79 Å². The molecular weight excluding hydrogens is 268 g/mol. The molecule has 100 valence electrons. The fraction of sp³-hybridized carbons (Fsp3) is 0.286. The van der Waals surface area contributed by atoms with Crippen LogP contribution >= 0.6 is 11.6 Å². The minimum atomic E-state index is -0.589. The number of rotatable bonds is 2. The first-order valence-electron chi connectivity index (χ1n) is 5.89. The van der Waals surface area contributed by atoms with Crippen LogP contribution in [0.25, 0.3) is 11.0 Å². The summed E-state index contributed by atoms with van der Waals surface area (Å²) in [7, 11) is 0. The first-order chi connectivity index (χ1) is 8.95. The Labute approximate surface area is 114 Å². The third-order valence-electron chi connectivity index (χ3n) is 2.98. The van der Waals surface area contributed by atoms with E-state index in [1.807, 2.05) is 0 Å². The second-order valence-corrected chi connectivity index (χ2v) is 4.60. The molecule has 5 heteroatoms. The van der Waals surface area contributed by atoms with Gasteiger partial charge in [-0.1, -0.05) is 18.5 Å². The topological polar surface area (TPSA) is 56.5 Å². The number of fused-ring (bicyclic) bond motifs is 1. The Morgan fingerprint density at radius 1 is 1.32 bits per heavy atom. The van der Waals surface area contributed by atoms with Crippen LogP contribution in [-0.2, 0) is 4.79 Å². The van der Waals surface area contributed by atoms with Crippen molar-refractivity contribution >= 4 is 28.5 Å². The standard InChI is InChI=1S/C14H13ClO4/c1-4-11(16)18-10-6-5-9-7(2)12(15)14(17)19-13(9)8(10)3/h5-6H,4H2,1-3H3. The van der Waals surface area contributed by atoms with Crippen LogP contribution in [0.15, 0.2) is 21.3 Å². The number of benzene rings is 1. The van der Waals surface area contributed by atoms with Crippen LogP contribution in [0.5, 0.6) is 5.75 Å². The number of carbonyl (C=O) groups is 1. The molecule has 0 amide bonds. The summed E-state index contributed by atoms with van der Waals surface area (Å²) in [6.45, 7) is 5.19. The average Bonchev–Trinajstić information content (AvgIpc) is 2.40. The summed E-state index contributed by atoms with van der Waals surface area (Å²) >= 11 is 5.86. The summed E-state index contributed by atoms with van der Waals surface area (Å²) in [5.41, 5.74) is 1.07. The largest absolute Gasteiger partial charge is 0.426 e. The Kier molecular flexibility index (Phi) is 3.62. The molecule has 0 unspecified atom stereocenters. The molecule has 0 radical (unpaired) electrons. The van der Waals surface area contributed by atoms with E-state index in [1.165, 1.54) is 0 Å². The second kappa shape index (κ2) is 5.05. The van der Waals surface area contributed by atoms with Crippen molar-refractivity contribution < 1.29 is 13.9 Å². The summed E-state index contributed by atoms with van der Waals surface area (Å²) in [6, 6.07) is 3.40. The maximum Gasteiger partial charge on any atom is 0.355 e. The van der Waals surface area contributed by atoms with Gasteiger partial charge in [0.05, 0.1) is 0 Å². The molecular formula is C14H13ClO4. The molecule has 19 heavy (non-hydrogen) atoms. The van der Waals surface area contributed by atoms with Crippen molar-refractivity contribution in [3.8, 4) is 5.75 Å². The van der Waals surface area contributed by atoms with Gasteiger partial charge in [-0.25, -0.2) is 4.79 Å². The van der Waals surface area contributed by atoms with E-state index in [9.17, 15) is 9.59 Å². The zero-order valence-corrected chi connectivity index (χ0v) is 11.6. The number of carbonyl (C=O) groups excluding carboxylic acids is 1. The predicted molar refractivity (Wildman–Crippen MR) is 72.9 cm³/mol. The van der Waals surface area contributed by atoms with Gasteiger partial charge in [0, 0.05) is 17.4 Å². The molecule has 4 nitrogen and oxygen atoms in total. The lowest BCUT2D eigenvalue weighted by Gasteiger charge is -2.10. The van der Waals surface area contributed by atoms with Crippen molar-refractivity contribution in [2.75, 3.05) is 0 Å². The molecule has 0 atom stereocenters. The number of ether oxygens (including phenoxy) is 1. The van der Waals surface area contributed by atoms with E-state index in [4.69, 9.17) is 20.8 Å². The number of esters is 1. The molecule has 0 N–H and O–H groups in total. The molecule has 0 fully saturated rings. The van der Waals surface area contributed by atoms with Crippen molar-refractivity contribution in [3.05, 3.63) is 38.7 Å². The number of aryl methyl sites for hydroxylation is 2. The molecule has 0 aliphatic rings. The first kappa shape index (κ1) is 13.6. The quantitative estimate of drug-likeness (QED) is 0.481. The van der Waals surface area contributed by atoms with Gasteiger partial charge in [0.1, 0.15) is 16.4 Å². The number of halogens is 1. The molecule has 0 saturated heterocycles. The van der Waals surface area contributed by atoms with Crippen molar-refractivity contribution in [2.24, 2.45) is 0 Å². The SMILES string of the molecule is CCC(=O)Oc1ccc2c(C)c(Cl)c(=O)oc2c1C. The maximum atomic E-state index is 11.6. The van der Waals surface area contributed by atoms with Gasteiger partial charge in [-0.2, -0.15) is 0 Å². The van der Waals surface area contributed by atoms with Gasteiger partial charge in [0.25, 0.3) is 0 Å². The molecule has 2 rings (SSSR count). The molecule has 1 heterocycles. The van der Waals surface area contributed by atoms with Crippen LogP contribution in [0.2, 0.25) is 5.02 Å². The van der Waals surface area contributed by atoms with E-state index in [0.29, 0.717) is 22.5 Å². The molecule has 0 saturated carbocycles. The van der Waals surface area contributed by atoms with Crippen LogP contribution in [0.3, 0.4) is 0 Å². The van der Waals surface area contributed by atoms with Crippen LogP contribution in [0.1, 0.15) is 24.5 Å². The molecule has 0 aliphatic heterocycles. The molecule has 1 aromatic carbocycles. The van der Waals surface area contributed by atoms with Crippen molar-refractivity contribution in [2.45, 2.75) is 27.2 Å². The summed E-state index contributed by atoms with van der Waals surface area (Å²) in [6.07, 6.45) is 0.279. The Morgan fingerprint density at radius 2 is 2.00 bits per heavy atom. The van der Waals surface area contributed by atoms with Gasteiger partial charge < -0.3 is 9.15 Å². The van der Waals surface area contributed by atoms with Crippen molar-refractivity contribution in [3.63, 3.8) is 0 Å². The van der Waals surface area contributed by atoms with Crippen molar-refractivity contribution in [1.29, 1.82) is 0 Å².